The van der Waals surface area contributed by atoms with E-state index in [4.69, 9.17) is 28.5 Å². The van der Waals surface area contributed by atoms with Crippen molar-refractivity contribution in [2.45, 2.75) is 25.8 Å². The number of rotatable bonds is 1. The van der Waals surface area contributed by atoms with Gasteiger partial charge in [-0.2, -0.15) is 5.26 Å². The van der Waals surface area contributed by atoms with Gasteiger partial charge in [-0.3, -0.25) is 0 Å². The molecule has 1 aliphatic rings. The number of benzene rings is 1. The Morgan fingerprint density at radius 3 is 2.71 bits per heavy atom. The third-order valence-electron chi connectivity index (χ3n) is 3.57. The predicted molar refractivity (Wildman–Crippen MR) is 71.6 cm³/mol. The van der Waals surface area contributed by atoms with Crippen molar-refractivity contribution in [2.24, 2.45) is 5.92 Å². The zero-order chi connectivity index (χ0) is 12.6. The fourth-order valence-corrected chi connectivity index (χ4v) is 2.84. The Morgan fingerprint density at radius 1 is 1.41 bits per heavy atom. The lowest BCUT2D eigenvalue weighted by Crippen LogP contribution is -2.42. The molecule has 0 amide bonds. The first-order chi connectivity index (χ1) is 7.98. The van der Waals surface area contributed by atoms with Gasteiger partial charge < -0.3 is 4.90 Å². The molecule has 1 aliphatic heterocycles. The predicted octanol–water partition coefficient (Wildman–Crippen LogP) is 4.12. The Morgan fingerprint density at radius 2 is 2.12 bits per heavy atom. The van der Waals surface area contributed by atoms with Gasteiger partial charge in [0, 0.05) is 6.54 Å². The second-order valence-electron chi connectivity index (χ2n) is 4.85. The Labute approximate surface area is 112 Å². The summed E-state index contributed by atoms with van der Waals surface area (Å²) in [6.45, 7) is 4.99. The van der Waals surface area contributed by atoms with Crippen molar-refractivity contribution < 1.29 is 0 Å². The van der Waals surface area contributed by atoms with Crippen molar-refractivity contribution >= 4 is 28.9 Å². The molecule has 0 aliphatic carbocycles. The van der Waals surface area contributed by atoms with Crippen LogP contribution in [0.2, 0.25) is 10.0 Å². The van der Waals surface area contributed by atoms with E-state index in [0.29, 0.717) is 10.0 Å². The third-order valence-corrected chi connectivity index (χ3v) is 4.38. The third kappa shape index (κ3) is 1.99. The maximum absolute atomic E-state index is 9.15. The first-order valence-corrected chi connectivity index (χ1v) is 6.35. The highest BCUT2D eigenvalue weighted by molar-refractivity contribution is 6.43. The summed E-state index contributed by atoms with van der Waals surface area (Å²) in [5.41, 5.74) is 0.713. The number of nitrogens with zero attached hydrogens (tertiary/aromatic N) is 2. The summed E-state index contributed by atoms with van der Waals surface area (Å²) < 4.78 is 0. The number of hydrogen-bond acceptors (Lipinski definition) is 2. The summed E-state index contributed by atoms with van der Waals surface area (Å²) >= 11 is 12.3. The van der Waals surface area contributed by atoms with E-state index in [1.807, 2.05) is 12.1 Å². The molecule has 1 unspecified atom stereocenters. The van der Waals surface area contributed by atoms with Crippen molar-refractivity contribution in [3.63, 3.8) is 0 Å². The molecule has 0 bridgehead atoms. The van der Waals surface area contributed by atoms with Crippen molar-refractivity contribution in [1.82, 2.24) is 0 Å². The lowest BCUT2D eigenvalue weighted by Gasteiger charge is -2.36. The molecule has 0 N–H and O–H groups in total. The van der Waals surface area contributed by atoms with Crippen molar-refractivity contribution in [3.05, 3.63) is 28.2 Å². The quantitative estimate of drug-likeness (QED) is 0.766. The fraction of sp³-hybridized carbons (Fsp3) is 0.462. The van der Waals surface area contributed by atoms with Gasteiger partial charge >= 0.3 is 0 Å². The lowest BCUT2D eigenvalue weighted by molar-refractivity contribution is 0.439. The molecule has 1 atom stereocenters. The highest BCUT2D eigenvalue weighted by Crippen LogP contribution is 2.42. The van der Waals surface area contributed by atoms with Gasteiger partial charge in [0.05, 0.1) is 33.3 Å². The lowest BCUT2D eigenvalue weighted by atomic mass is 9.89. The molecule has 2 nitrogen and oxygen atoms in total. The molecular weight excluding hydrogens is 255 g/mol. The molecule has 1 fully saturated rings. The highest BCUT2D eigenvalue weighted by atomic mass is 35.5. The molecule has 90 valence electrons. The summed E-state index contributed by atoms with van der Waals surface area (Å²) in [5.74, 6) is 0.0255. The molecule has 1 aromatic carbocycles. The number of anilines is 1. The standard InChI is InChI=1S/C13H14Cl2N2/c1-13(2)9(8-16)6-7-17(13)11-5-3-4-10(14)12(11)15/h3-5,9H,6-7H2,1-2H3. The molecular formula is C13H14Cl2N2. The van der Waals surface area contributed by atoms with E-state index in [1.165, 1.54) is 0 Å². The minimum absolute atomic E-state index is 0.0255. The number of nitriles is 1. The molecule has 4 heteroatoms. The van der Waals surface area contributed by atoms with Crippen LogP contribution in [0.1, 0.15) is 20.3 Å². The van der Waals surface area contributed by atoms with Crippen LogP contribution in [0.25, 0.3) is 0 Å². The Bertz CT molecular complexity index is 477. The molecule has 2 rings (SSSR count). The van der Waals surface area contributed by atoms with Crippen molar-refractivity contribution in [1.29, 1.82) is 5.26 Å². The van der Waals surface area contributed by atoms with Crippen LogP contribution in [-0.2, 0) is 0 Å². The second kappa shape index (κ2) is 4.40. The Hall–Kier alpha value is -0.910. The topological polar surface area (TPSA) is 27.0 Å². The monoisotopic (exact) mass is 268 g/mol. The van der Waals surface area contributed by atoms with Gasteiger partial charge in [0.25, 0.3) is 0 Å². The van der Waals surface area contributed by atoms with Crippen LogP contribution in [-0.4, -0.2) is 12.1 Å². The normalized spacial score (nSPS) is 22.5. The highest BCUT2D eigenvalue weighted by Gasteiger charge is 2.42. The van der Waals surface area contributed by atoms with Gasteiger partial charge in [0.2, 0.25) is 0 Å². The average molecular weight is 269 g/mol. The first kappa shape index (κ1) is 12.5. The van der Waals surface area contributed by atoms with E-state index in [-0.39, 0.29) is 11.5 Å². The maximum Gasteiger partial charge on any atom is 0.0825 e. The molecule has 17 heavy (non-hydrogen) atoms. The summed E-state index contributed by atoms with van der Waals surface area (Å²) in [4.78, 5) is 2.18. The van der Waals surface area contributed by atoms with Crippen LogP contribution in [0.15, 0.2) is 18.2 Å². The van der Waals surface area contributed by atoms with Gasteiger partial charge in [-0.05, 0) is 32.4 Å². The van der Waals surface area contributed by atoms with E-state index < -0.39 is 0 Å². The minimum atomic E-state index is -0.205. The zero-order valence-corrected chi connectivity index (χ0v) is 11.4. The SMILES string of the molecule is CC1(C)C(C#N)CCN1c1cccc(Cl)c1Cl. The molecule has 1 saturated heterocycles. The van der Waals surface area contributed by atoms with Crippen molar-refractivity contribution in [3.8, 4) is 6.07 Å². The van der Waals surface area contributed by atoms with Crippen LogP contribution in [0.3, 0.4) is 0 Å². The van der Waals surface area contributed by atoms with Gasteiger partial charge in [0.15, 0.2) is 0 Å². The van der Waals surface area contributed by atoms with Crippen LogP contribution in [0, 0.1) is 17.2 Å². The Kier molecular flexibility index (Phi) is 3.25. The van der Waals surface area contributed by atoms with Crippen LogP contribution < -0.4 is 4.90 Å². The van der Waals surface area contributed by atoms with Crippen LogP contribution in [0.4, 0.5) is 5.69 Å². The van der Waals surface area contributed by atoms with Gasteiger partial charge in [-0.25, -0.2) is 0 Å². The first-order valence-electron chi connectivity index (χ1n) is 5.59. The van der Waals surface area contributed by atoms with Gasteiger partial charge in [0.1, 0.15) is 0 Å². The zero-order valence-electron chi connectivity index (χ0n) is 9.87. The number of halogens is 2. The second-order valence-corrected chi connectivity index (χ2v) is 5.63. The molecule has 0 spiro atoms. The largest absolute Gasteiger partial charge is 0.364 e. The summed E-state index contributed by atoms with van der Waals surface area (Å²) in [6.07, 6.45) is 0.867. The van der Waals surface area contributed by atoms with Crippen LogP contribution in [0.5, 0.6) is 0 Å². The van der Waals surface area contributed by atoms with E-state index in [2.05, 4.69) is 24.8 Å². The Balaban J connectivity index is 2.43. The summed E-state index contributed by atoms with van der Waals surface area (Å²) in [6, 6.07) is 7.99. The van der Waals surface area contributed by atoms with E-state index >= 15 is 0 Å². The maximum atomic E-state index is 9.15. The van der Waals surface area contributed by atoms with Gasteiger partial charge in [-0.1, -0.05) is 29.3 Å². The molecule has 1 aromatic rings. The molecule has 1 heterocycles. The molecule has 0 aromatic heterocycles. The van der Waals surface area contributed by atoms with Crippen molar-refractivity contribution in [2.75, 3.05) is 11.4 Å². The minimum Gasteiger partial charge on any atom is -0.364 e. The van der Waals surface area contributed by atoms with E-state index in [9.17, 15) is 0 Å². The van der Waals surface area contributed by atoms with Gasteiger partial charge in [-0.15, -0.1) is 0 Å². The molecule has 0 saturated carbocycles. The average Bonchev–Trinajstić information content (AvgIpc) is 2.57. The summed E-state index contributed by atoms with van der Waals surface area (Å²) in [7, 11) is 0. The van der Waals surface area contributed by atoms with E-state index in [1.54, 1.807) is 6.07 Å². The van der Waals surface area contributed by atoms with Crippen LogP contribution >= 0.6 is 23.2 Å². The summed E-state index contributed by atoms with van der Waals surface area (Å²) in [5, 5.41) is 10.3. The number of hydrogen-bond donors (Lipinski definition) is 0. The van der Waals surface area contributed by atoms with E-state index in [0.717, 1.165) is 18.7 Å². The fourth-order valence-electron chi connectivity index (χ4n) is 2.44. The molecule has 0 radical (unpaired) electrons. The smallest absolute Gasteiger partial charge is 0.0825 e.